The molecule has 0 aromatic heterocycles. The van der Waals surface area contributed by atoms with E-state index in [4.69, 9.17) is 5.11 Å². The zero-order valence-electron chi connectivity index (χ0n) is 38.4. The fraction of sp³-hybridized carbons (Fsp3) is 0.826. The highest BCUT2D eigenvalue weighted by Gasteiger charge is 2.53. The molecule has 2 aliphatic heterocycles. The monoisotopic (exact) mass is 1040 g/mol. The number of carboxylic acid groups (broad SMARTS) is 4. The SMILES string of the molecule is O=C(O)CCCCCCCCCCCCCCCCC(=O)NCC1CCC(C(=O)C[C@@H](CCC(=O)C[C@@H](CCC(=O)NCCCC[C@@H](C(=O)O)C2SSC3(SS2)SS3)C(=O)O)C(=O)O)CC1. The lowest BCUT2D eigenvalue weighted by atomic mass is 9.78. The number of carbonyl (C=O) groups excluding carboxylic acids is 4. The molecule has 3 aliphatic rings. The molecule has 3 rings (SSSR count). The van der Waals surface area contributed by atoms with Crippen LogP contribution in [0, 0.1) is 29.6 Å². The van der Waals surface area contributed by atoms with Crippen molar-refractivity contribution in [2.75, 3.05) is 13.1 Å². The van der Waals surface area contributed by atoms with Crippen molar-refractivity contribution in [1.29, 1.82) is 0 Å². The molecule has 1 saturated carbocycles. The highest BCUT2D eigenvalue weighted by molar-refractivity contribution is 9.14. The van der Waals surface area contributed by atoms with Crippen molar-refractivity contribution in [1.82, 2.24) is 10.6 Å². The molecule has 2 amide bonds. The first-order valence-electron chi connectivity index (χ1n) is 24.2. The fourth-order valence-electron chi connectivity index (χ4n) is 8.42. The van der Waals surface area contributed by atoms with Crippen LogP contribution in [0.4, 0.5) is 0 Å². The van der Waals surface area contributed by atoms with Gasteiger partial charge in [-0.3, -0.25) is 38.4 Å². The topological polar surface area (TPSA) is 242 Å². The molecular formula is C46H74N2O12S6. The van der Waals surface area contributed by atoms with Gasteiger partial charge in [0.25, 0.3) is 0 Å². The normalized spacial score (nSPS) is 19.3. The zero-order chi connectivity index (χ0) is 48.2. The lowest BCUT2D eigenvalue weighted by Crippen LogP contribution is -2.33. The van der Waals surface area contributed by atoms with Crippen LogP contribution >= 0.6 is 64.8 Å². The first kappa shape index (κ1) is 58.6. The van der Waals surface area contributed by atoms with Crippen molar-refractivity contribution in [3.63, 3.8) is 0 Å². The fourth-order valence-corrected chi connectivity index (χ4v) is 22.2. The molecule has 1 spiro atoms. The number of Topliss-reactive ketones (excluding diaryl/α,β-unsaturated/α-hetero) is 2. The van der Waals surface area contributed by atoms with Crippen molar-refractivity contribution >= 4 is 112 Å². The van der Waals surface area contributed by atoms with Gasteiger partial charge in [0.2, 0.25) is 11.8 Å². The number of carbonyl (C=O) groups is 8. The third kappa shape index (κ3) is 25.7. The van der Waals surface area contributed by atoms with E-state index in [2.05, 4.69) is 10.6 Å². The van der Waals surface area contributed by atoms with Crippen molar-refractivity contribution in [2.24, 2.45) is 29.6 Å². The predicted molar refractivity (Wildman–Crippen MR) is 270 cm³/mol. The lowest BCUT2D eigenvalue weighted by Gasteiger charge is -2.28. The Morgan fingerprint density at radius 3 is 1.52 bits per heavy atom. The Bertz CT molecular complexity index is 1540. The molecule has 66 heavy (non-hydrogen) atoms. The van der Waals surface area contributed by atoms with Crippen molar-refractivity contribution in [3.05, 3.63) is 0 Å². The van der Waals surface area contributed by atoms with Crippen molar-refractivity contribution in [3.8, 4) is 0 Å². The van der Waals surface area contributed by atoms with Crippen LogP contribution in [0.15, 0.2) is 0 Å². The molecular weight excluding hydrogens is 965 g/mol. The molecule has 376 valence electrons. The van der Waals surface area contributed by atoms with Crippen LogP contribution in [0.5, 0.6) is 0 Å². The highest BCUT2D eigenvalue weighted by Crippen LogP contribution is 2.84. The van der Waals surface area contributed by atoms with Crippen molar-refractivity contribution < 1.29 is 58.8 Å². The molecule has 0 unspecified atom stereocenters. The largest absolute Gasteiger partial charge is 0.481 e. The Hall–Kier alpha value is -1.74. The molecule has 3 atom stereocenters. The third-order valence-electron chi connectivity index (χ3n) is 12.7. The van der Waals surface area contributed by atoms with Crippen LogP contribution in [0.25, 0.3) is 0 Å². The number of nitrogens with one attached hydrogen (secondary N) is 2. The van der Waals surface area contributed by atoms with Crippen LogP contribution < -0.4 is 10.6 Å². The van der Waals surface area contributed by atoms with Gasteiger partial charge in [-0.05, 0) is 91.7 Å². The van der Waals surface area contributed by atoms with Gasteiger partial charge in [0, 0.05) is 57.5 Å². The van der Waals surface area contributed by atoms with Gasteiger partial charge >= 0.3 is 23.9 Å². The molecule has 2 heterocycles. The van der Waals surface area contributed by atoms with Gasteiger partial charge in [0.1, 0.15) is 11.6 Å². The van der Waals surface area contributed by atoms with Crippen molar-refractivity contribution in [2.45, 2.75) is 194 Å². The number of aliphatic carboxylic acids is 4. The summed E-state index contributed by atoms with van der Waals surface area (Å²) in [4.78, 5) is 97.4. The molecule has 0 aromatic carbocycles. The van der Waals surface area contributed by atoms with E-state index < -0.39 is 47.4 Å². The first-order valence-corrected chi connectivity index (χ1v) is 30.8. The molecule has 0 aromatic rings. The Balaban J connectivity index is 1.18. The van der Waals surface area contributed by atoms with Gasteiger partial charge in [0.15, 0.2) is 2.74 Å². The summed E-state index contributed by atoms with van der Waals surface area (Å²) in [6, 6.07) is 0. The molecule has 3 fully saturated rings. The molecule has 20 heteroatoms. The number of ketones is 2. The molecule has 1 aliphatic carbocycles. The molecule has 0 bridgehead atoms. The summed E-state index contributed by atoms with van der Waals surface area (Å²) in [5, 5.41) is 43.8. The number of hydrogen-bond donors (Lipinski definition) is 6. The molecule has 6 N–H and O–H groups in total. The predicted octanol–water partition coefficient (Wildman–Crippen LogP) is 11.2. The Kier molecular flexibility index (Phi) is 29.9. The first-order chi connectivity index (χ1) is 31.7. The second-order valence-electron chi connectivity index (χ2n) is 18.1. The van der Waals surface area contributed by atoms with Gasteiger partial charge in [-0.2, -0.15) is 0 Å². The van der Waals surface area contributed by atoms with Crippen LogP contribution in [0.3, 0.4) is 0 Å². The van der Waals surface area contributed by atoms with Gasteiger partial charge in [0.05, 0.1) is 22.3 Å². The zero-order valence-corrected chi connectivity index (χ0v) is 43.3. The Morgan fingerprint density at radius 1 is 0.500 bits per heavy atom. The number of hydrogen-bond acceptors (Lipinski definition) is 14. The Labute approximate surface area is 415 Å². The van der Waals surface area contributed by atoms with E-state index in [1.165, 1.54) is 51.4 Å². The second-order valence-corrected chi connectivity index (χ2v) is 27.6. The minimum atomic E-state index is -1.22. The van der Waals surface area contributed by atoms with Crippen LogP contribution in [0.1, 0.15) is 186 Å². The Morgan fingerprint density at radius 2 is 1.00 bits per heavy atom. The minimum Gasteiger partial charge on any atom is -0.481 e. The van der Waals surface area contributed by atoms with E-state index in [1.54, 1.807) is 64.8 Å². The summed E-state index contributed by atoms with van der Waals surface area (Å²) in [7, 11) is 10.2. The van der Waals surface area contributed by atoms with E-state index in [0.29, 0.717) is 51.6 Å². The van der Waals surface area contributed by atoms with E-state index in [-0.39, 0.29) is 81.7 Å². The van der Waals surface area contributed by atoms with Gasteiger partial charge in [-0.25, -0.2) is 0 Å². The highest BCUT2D eigenvalue weighted by atomic mass is 33.2. The quantitative estimate of drug-likeness (QED) is 0.0190. The maximum Gasteiger partial charge on any atom is 0.308 e. The summed E-state index contributed by atoms with van der Waals surface area (Å²) >= 11 is 0. The lowest BCUT2D eigenvalue weighted by molar-refractivity contribution is -0.146. The number of carboxylic acids is 4. The van der Waals surface area contributed by atoms with E-state index >= 15 is 0 Å². The van der Waals surface area contributed by atoms with Crippen LogP contribution in [0.2, 0.25) is 0 Å². The summed E-state index contributed by atoms with van der Waals surface area (Å²) in [5.74, 6) is -7.45. The van der Waals surface area contributed by atoms with E-state index in [0.717, 1.165) is 51.4 Å². The summed E-state index contributed by atoms with van der Waals surface area (Å²) in [5.41, 5.74) is 0. The number of amides is 2. The molecule has 14 nitrogen and oxygen atoms in total. The second kappa shape index (κ2) is 33.7. The van der Waals surface area contributed by atoms with Gasteiger partial charge in [-0.1, -0.05) is 127 Å². The van der Waals surface area contributed by atoms with Gasteiger partial charge < -0.3 is 31.1 Å². The standard InChI is InChI=1S/C46H74N2O12S6/c49-36(29-34(42(55)56)25-27-40(52)47-28-16-15-17-37(44(59)60)45-61-63-46(64-62-45)65-66-46)26-24-35(43(57)58)30-38(50)33-22-20-32(21-23-33)31-48-39(51)18-13-11-9-7-5-3-1-2-4-6-8-10-12-14-19-41(53)54/h32-35,37,45H,1-31H2,(H,47,52)(H,48,51)(H,53,54)(H,55,56)(H,57,58)(H,59,60)/t32?,33?,34-,35-,37+/m1/s1. The van der Waals surface area contributed by atoms with E-state index in [9.17, 15) is 53.7 Å². The number of unbranched alkanes of at least 4 members (excludes halogenated alkanes) is 14. The van der Waals surface area contributed by atoms with E-state index in [1.807, 2.05) is 0 Å². The summed E-state index contributed by atoms with van der Waals surface area (Å²) < 4.78 is 0.0416. The van der Waals surface area contributed by atoms with Crippen LogP contribution in [-0.2, 0) is 38.4 Å². The van der Waals surface area contributed by atoms with Gasteiger partial charge in [-0.15, -0.1) is 0 Å². The maximum absolute atomic E-state index is 13.2. The molecule has 0 radical (unpaired) electrons. The maximum atomic E-state index is 13.2. The molecule has 2 saturated heterocycles. The smallest absolute Gasteiger partial charge is 0.308 e. The number of rotatable bonds is 39. The average molecular weight is 1040 g/mol. The third-order valence-corrected chi connectivity index (χ3v) is 26.5. The minimum absolute atomic E-state index is 0.0532. The average Bonchev–Trinajstić information content (AvgIpc) is 4.05. The summed E-state index contributed by atoms with van der Waals surface area (Å²) in [6.45, 7) is 0.898. The summed E-state index contributed by atoms with van der Waals surface area (Å²) in [6.07, 6.45) is 20.1. The van der Waals surface area contributed by atoms with Crippen LogP contribution in [-0.4, -0.2) is 88.1 Å².